The first kappa shape index (κ1) is 22.7. The Morgan fingerprint density at radius 3 is 1.48 bits per heavy atom. The van der Waals surface area contributed by atoms with Crippen LogP contribution in [0.2, 0.25) is 0 Å². The highest BCUT2D eigenvalue weighted by molar-refractivity contribution is 5.90. The van der Waals surface area contributed by atoms with Crippen molar-refractivity contribution in [2.75, 3.05) is 58.9 Å². The number of ether oxygens (including phenoxy) is 2. The lowest BCUT2D eigenvalue weighted by atomic mass is 10.3. The fourth-order valence-corrected chi connectivity index (χ4v) is 2.57. The molecule has 1 N–H and O–H groups in total. The molecule has 152 valence electrons. The summed E-state index contributed by atoms with van der Waals surface area (Å²) < 4.78 is 8.85. The Kier molecular flexibility index (Phi) is 9.54. The van der Waals surface area contributed by atoms with Crippen molar-refractivity contribution >= 4 is 29.8 Å². The van der Waals surface area contributed by atoms with Gasteiger partial charge in [-0.15, -0.1) is 0 Å². The molecule has 2 saturated heterocycles. The van der Waals surface area contributed by atoms with Crippen LogP contribution in [-0.4, -0.2) is 109 Å². The third-order valence-corrected chi connectivity index (χ3v) is 3.69. The number of aliphatic carboxylic acids is 1. The minimum absolute atomic E-state index is 0.0287. The lowest BCUT2D eigenvalue weighted by Gasteiger charge is -2.30. The van der Waals surface area contributed by atoms with E-state index in [9.17, 15) is 24.0 Å². The number of cyclic esters (lactones) is 4. The Morgan fingerprint density at radius 1 is 0.852 bits per heavy atom. The molecule has 0 radical (unpaired) electrons. The standard InChI is InChI=1S/C14H19N3O8.C2H6/c18-10(19)5-15(1-3-16-6-11(20)24-12(21)7-16)2-4-17-8-13(22)25-14(23)9-17;1-2/h1-9H2,(H,18,19);1-2H3. The maximum Gasteiger partial charge on any atom is 0.327 e. The molecule has 27 heavy (non-hydrogen) atoms. The Labute approximate surface area is 156 Å². The average molecular weight is 387 g/mol. The van der Waals surface area contributed by atoms with Crippen LogP contribution in [0.25, 0.3) is 0 Å². The largest absolute Gasteiger partial charge is 0.480 e. The molecule has 11 heteroatoms. The normalized spacial score (nSPS) is 18.6. The van der Waals surface area contributed by atoms with Gasteiger partial charge in [-0.3, -0.25) is 38.7 Å². The molecule has 0 bridgehead atoms. The lowest BCUT2D eigenvalue weighted by molar-refractivity contribution is -0.168. The molecule has 0 saturated carbocycles. The van der Waals surface area contributed by atoms with Crippen molar-refractivity contribution < 1.29 is 38.6 Å². The molecule has 2 fully saturated rings. The molecule has 2 aliphatic heterocycles. The fraction of sp³-hybridized carbons (Fsp3) is 0.688. The monoisotopic (exact) mass is 387 g/mol. The lowest BCUT2D eigenvalue weighted by Crippen LogP contribution is -2.49. The van der Waals surface area contributed by atoms with Crippen LogP contribution < -0.4 is 0 Å². The van der Waals surface area contributed by atoms with Gasteiger partial charge in [-0.1, -0.05) is 13.8 Å². The summed E-state index contributed by atoms with van der Waals surface area (Å²) in [7, 11) is 0. The van der Waals surface area contributed by atoms with E-state index in [1.165, 1.54) is 0 Å². The molecule has 11 nitrogen and oxygen atoms in total. The van der Waals surface area contributed by atoms with Crippen molar-refractivity contribution in [1.82, 2.24) is 14.7 Å². The van der Waals surface area contributed by atoms with E-state index in [0.717, 1.165) is 0 Å². The molecular formula is C16H25N3O8. The zero-order valence-corrected chi connectivity index (χ0v) is 15.5. The minimum Gasteiger partial charge on any atom is -0.480 e. The Morgan fingerprint density at radius 2 is 1.19 bits per heavy atom. The maximum absolute atomic E-state index is 11.2. The first-order valence-corrected chi connectivity index (χ1v) is 8.67. The number of rotatable bonds is 8. The molecule has 0 spiro atoms. The van der Waals surface area contributed by atoms with Gasteiger partial charge in [0.1, 0.15) is 0 Å². The smallest absolute Gasteiger partial charge is 0.327 e. The third-order valence-electron chi connectivity index (χ3n) is 3.69. The van der Waals surface area contributed by atoms with Gasteiger partial charge in [0.2, 0.25) is 0 Å². The van der Waals surface area contributed by atoms with Gasteiger partial charge in [0.15, 0.2) is 0 Å². The van der Waals surface area contributed by atoms with Gasteiger partial charge in [-0.25, -0.2) is 0 Å². The van der Waals surface area contributed by atoms with Gasteiger partial charge >= 0.3 is 29.8 Å². The maximum atomic E-state index is 11.2. The van der Waals surface area contributed by atoms with Crippen LogP contribution in [0, 0.1) is 0 Å². The van der Waals surface area contributed by atoms with Gasteiger partial charge in [0.05, 0.1) is 32.7 Å². The number of hydrogen-bond acceptors (Lipinski definition) is 10. The van der Waals surface area contributed by atoms with E-state index in [-0.39, 0.29) is 32.7 Å². The summed E-state index contributed by atoms with van der Waals surface area (Å²) in [5, 5.41) is 9.00. The van der Waals surface area contributed by atoms with Gasteiger partial charge in [0, 0.05) is 26.2 Å². The number of carbonyl (C=O) groups is 5. The summed E-state index contributed by atoms with van der Waals surface area (Å²) >= 11 is 0. The molecule has 0 atom stereocenters. The molecule has 0 aromatic rings. The molecule has 2 aliphatic rings. The van der Waals surface area contributed by atoms with E-state index < -0.39 is 29.8 Å². The zero-order chi connectivity index (χ0) is 20.4. The number of carboxylic acid groups (broad SMARTS) is 1. The van der Waals surface area contributed by atoms with Crippen molar-refractivity contribution in [1.29, 1.82) is 0 Å². The van der Waals surface area contributed by atoms with Crippen molar-refractivity contribution in [2.45, 2.75) is 13.8 Å². The first-order valence-electron chi connectivity index (χ1n) is 8.67. The quantitative estimate of drug-likeness (QED) is 0.372. The predicted octanol–water partition coefficient (Wildman–Crippen LogP) is -1.83. The Hall–Kier alpha value is -2.37. The second-order valence-electron chi connectivity index (χ2n) is 5.78. The van der Waals surface area contributed by atoms with E-state index in [1.807, 2.05) is 13.8 Å². The van der Waals surface area contributed by atoms with Crippen molar-refractivity contribution in [2.24, 2.45) is 0 Å². The minimum atomic E-state index is -1.02. The van der Waals surface area contributed by atoms with E-state index in [0.29, 0.717) is 26.2 Å². The van der Waals surface area contributed by atoms with E-state index in [2.05, 4.69) is 9.47 Å². The molecule has 0 aromatic heterocycles. The second kappa shape index (κ2) is 11.4. The Bertz CT molecular complexity index is 506. The van der Waals surface area contributed by atoms with Crippen LogP contribution >= 0.6 is 0 Å². The second-order valence-corrected chi connectivity index (χ2v) is 5.78. The summed E-state index contributed by atoms with van der Waals surface area (Å²) in [5.41, 5.74) is 0. The number of esters is 4. The number of carbonyl (C=O) groups excluding carboxylic acids is 4. The van der Waals surface area contributed by atoms with E-state index >= 15 is 0 Å². The number of nitrogens with zero attached hydrogens (tertiary/aromatic N) is 3. The number of carboxylic acids is 1. The highest BCUT2D eigenvalue weighted by Crippen LogP contribution is 2.03. The van der Waals surface area contributed by atoms with Crippen molar-refractivity contribution in [3.8, 4) is 0 Å². The predicted molar refractivity (Wildman–Crippen MR) is 90.5 cm³/mol. The third kappa shape index (κ3) is 8.71. The van der Waals surface area contributed by atoms with Crippen molar-refractivity contribution in [3.05, 3.63) is 0 Å². The summed E-state index contributed by atoms with van der Waals surface area (Å²) in [5.74, 6) is -3.56. The SMILES string of the molecule is CC.O=C(O)CN(CCN1CC(=O)OC(=O)C1)CCN1CC(=O)OC(=O)C1. The number of morpholine rings is 2. The van der Waals surface area contributed by atoms with Crippen LogP contribution in [0.15, 0.2) is 0 Å². The van der Waals surface area contributed by atoms with Gasteiger partial charge in [-0.05, 0) is 0 Å². The molecule has 2 rings (SSSR count). The highest BCUT2D eigenvalue weighted by atomic mass is 16.6. The summed E-state index contributed by atoms with van der Waals surface area (Å²) in [4.78, 5) is 60.7. The van der Waals surface area contributed by atoms with Crippen LogP contribution in [0.4, 0.5) is 0 Å². The van der Waals surface area contributed by atoms with Crippen LogP contribution in [-0.2, 0) is 33.4 Å². The molecule has 0 unspecified atom stereocenters. The van der Waals surface area contributed by atoms with Crippen LogP contribution in [0.1, 0.15) is 13.8 Å². The highest BCUT2D eigenvalue weighted by Gasteiger charge is 2.27. The zero-order valence-electron chi connectivity index (χ0n) is 15.5. The molecule has 0 aliphatic carbocycles. The van der Waals surface area contributed by atoms with Crippen LogP contribution in [0.5, 0.6) is 0 Å². The fourth-order valence-electron chi connectivity index (χ4n) is 2.57. The Balaban J connectivity index is 0.00000176. The first-order chi connectivity index (χ1) is 12.8. The topological polar surface area (TPSA) is 134 Å². The van der Waals surface area contributed by atoms with Crippen LogP contribution in [0.3, 0.4) is 0 Å². The average Bonchev–Trinajstić information content (AvgIpc) is 2.57. The van der Waals surface area contributed by atoms with E-state index in [4.69, 9.17) is 5.11 Å². The summed E-state index contributed by atoms with van der Waals surface area (Å²) in [6, 6.07) is 0. The molecule has 2 heterocycles. The van der Waals surface area contributed by atoms with E-state index in [1.54, 1.807) is 14.7 Å². The van der Waals surface area contributed by atoms with Gasteiger partial charge in [-0.2, -0.15) is 0 Å². The van der Waals surface area contributed by atoms with Crippen molar-refractivity contribution in [3.63, 3.8) is 0 Å². The summed E-state index contributed by atoms with van der Waals surface area (Å²) in [6.07, 6.45) is 0. The molecular weight excluding hydrogens is 362 g/mol. The molecule has 0 amide bonds. The summed E-state index contributed by atoms with van der Waals surface area (Å²) in [6.45, 7) is 4.89. The molecule has 0 aromatic carbocycles. The number of hydrogen-bond donors (Lipinski definition) is 1. The van der Waals surface area contributed by atoms with Gasteiger partial charge in [0.25, 0.3) is 0 Å². The van der Waals surface area contributed by atoms with Gasteiger partial charge < -0.3 is 14.6 Å².